The molecule has 2 fully saturated rings. The van der Waals surface area contributed by atoms with E-state index in [2.05, 4.69) is 47.0 Å². The molecule has 0 spiro atoms. The molecule has 0 unspecified atom stereocenters. The van der Waals surface area contributed by atoms with Crippen molar-refractivity contribution >= 4 is 11.8 Å². The predicted octanol–water partition coefficient (Wildman–Crippen LogP) is 4.24. The molecule has 176 valence electrons. The second-order valence-electron chi connectivity index (χ2n) is 8.44. The summed E-state index contributed by atoms with van der Waals surface area (Å²) in [7, 11) is 1.60. The smallest absolute Gasteiger partial charge is 0.412 e. The van der Waals surface area contributed by atoms with E-state index in [-0.39, 0.29) is 18.2 Å². The lowest BCUT2D eigenvalue weighted by Crippen LogP contribution is -2.41. The molecule has 2 heterocycles. The van der Waals surface area contributed by atoms with E-state index in [0.29, 0.717) is 25.4 Å². The van der Waals surface area contributed by atoms with E-state index in [1.807, 2.05) is 18.2 Å². The second kappa shape index (κ2) is 10.3. The number of ether oxygens (including phenoxy) is 4. The van der Waals surface area contributed by atoms with Crippen molar-refractivity contribution in [1.82, 2.24) is 5.32 Å². The monoisotopic (exact) mass is 460 g/mol. The zero-order valence-corrected chi connectivity index (χ0v) is 19.0. The summed E-state index contributed by atoms with van der Waals surface area (Å²) in [6.07, 6.45) is -1.40. The maximum atomic E-state index is 12.3. The van der Waals surface area contributed by atoms with Gasteiger partial charge in [0.2, 0.25) is 0 Å². The van der Waals surface area contributed by atoms with Crippen molar-refractivity contribution < 1.29 is 23.7 Å². The summed E-state index contributed by atoms with van der Waals surface area (Å²) in [5, 5.41) is 6.27. The number of nitrogens with one attached hydrogen (secondary N) is 2. The van der Waals surface area contributed by atoms with Crippen molar-refractivity contribution in [2.45, 2.75) is 30.9 Å². The SMILES string of the molecule is COc1ccc(NC(=O)O[C@@H]2CO[C@H]3[C@@H]2OC[C@@H]3NCc2ccc(-c3ccccc3)cc2)cc1. The van der Waals surface area contributed by atoms with Crippen molar-refractivity contribution in [3.63, 3.8) is 0 Å². The minimum atomic E-state index is -0.530. The molecule has 7 nitrogen and oxygen atoms in total. The summed E-state index contributed by atoms with van der Waals surface area (Å²) >= 11 is 0. The van der Waals surface area contributed by atoms with E-state index in [0.717, 1.165) is 5.75 Å². The zero-order chi connectivity index (χ0) is 23.3. The average Bonchev–Trinajstić information content (AvgIpc) is 3.47. The molecule has 2 saturated heterocycles. The van der Waals surface area contributed by atoms with Gasteiger partial charge in [-0.1, -0.05) is 54.6 Å². The van der Waals surface area contributed by atoms with Gasteiger partial charge in [0.1, 0.15) is 18.0 Å². The Balaban J connectivity index is 1.11. The fourth-order valence-corrected chi connectivity index (χ4v) is 4.39. The van der Waals surface area contributed by atoms with Crippen LogP contribution in [0, 0.1) is 0 Å². The quantitative estimate of drug-likeness (QED) is 0.549. The van der Waals surface area contributed by atoms with Gasteiger partial charge in [0.05, 0.1) is 26.4 Å². The summed E-state index contributed by atoms with van der Waals surface area (Å²) in [6.45, 7) is 1.53. The Kier molecular flexibility index (Phi) is 6.76. The minimum Gasteiger partial charge on any atom is -0.497 e. The van der Waals surface area contributed by atoms with E-state index >= 15 is 0 Å². The molecule has 3 aromatic rings. The van der Waals surface area contributed by atoms with Gasteiger partial charge in [-0.3, -0.25) is 5.32 Å². The highest BCUT2D eigenvalue weighted by Gasteiger charge is 2.49. The Hall–Kier alpha value is -3.39. The molecule has 7 heteroatoms. The van der Waals surface area contributed by atoms with Gasteiger partial charge in [0.15, 0.2) is 6.10 Å². The Morgan fingerprint density at radius 2 is 1.59 bits per heavy atom. The molecule has 5 rings (SSSR count). The Morgan fingerprint density at radius 3 is 2.32 bits per heavy atom. The molecule has 34 heavy (non-hydrogen) atoms. The van der Waals surface area contributed by atoms with Crippen LogP contribution < -0.4 is 15.4 Å². The highest BCUT2D eigenvalue weighted by Crippen LogP contribution is 2.29. The van der Waals surface area contributed by atoms with Crippen LogP contribution in [0.4, 0.5) is 10.5 Å². The maximum absolute atomic E-state index is 12.3. The number of hydrogen-bond donors (Lipinski definition) is 2. The number of anilines is 1. The van der Waals surface area contributed by atoms with Crippen LogP contribution in [0.2, 0.25) is 0 Å². The molecular weight excluding hydrogens is 432 g/mol. The summed E-state index contributed by atoms with van der Waals surface area (Å²) in [5.41, 5.74) is 4.22. The van der Waals surface area contributed by atoms with Crippen molar-refractivity contribution in [2.24, 2.45) is 0 Å². The fraction of sp³-hybridized carbons (Fsp3) is 0.296. The number of fused-ring (bicyclic) bond motifs is 1. The molecule has 0 saturated carbocycles. The molecule has 2 N–H and O–H groups in total. The maximum Gasteiger partial charge on any atom is 0.412 e. The topological polar surface area (TPSA) is 78.1 Å². The van der Waals surface area contributed by atoms with E-state index in [9.17, 15) is 4.79 Å². The van der Waals surface area contributed by atoms with Gasteiger partial charge in [-0.15, -0.1) is 0 Å². The Bertz CT molecular complexity index is 1090. The van der Waals surface area contributed by atoms with Crippen molar-refractivity contribution in [1.29, 1.82) is 0 Å². The number of carbonyl (C=O) groups excluding carboxylic acids is 1. The summed E-state index contributed by atoms with van der Waals surface area (Å²) in [4.78, 5) is 12.3. The van der Waals surface area contributed by atoms with Crippen LogP contribution in [-0.4, -0.2) is 50.8 Å². The molecule has 0 radical (unpaired) electrons. The van der Waals surface area contributed by atoms with Crippen LogP contribution in [0.3, 0.4) is 0 Å². The largest absolute Gasteiger partial charge is 0.497 e. The van der Waals surface area contributed by atoms with Crippen LogP contribution in [0.25, 0.3) is 11.1 Å². The van der Waals surface area contributed by atoms with Gasteiger partial charge in [-0.05, 0) is 41.0 Å². The van der Waals surface area contributed by atoms with Gasteiger partial charge in [0, 0.05) is 12.2 Å². The lowest BCUT2D eigenvalue weighted by molar-refractivity contribution is 0.00854. The molecule has 2 aliphatic heterocycles. The molecule has 2 aliphatic rings. The highest BCUT2D eigenvalue weighted by atomic mass is 16.6. The van der Waals surface area contributed by atoms with Gasteiger partial charge in [0.25, 0.3) is 0 Å². The molecule has 1 amide bonds. The van der Waals surface area contributed by atoms with Crippen LogP contribution in [-0.2, 0) is 20.8 Å². The van der Waals surface area contributed by atoms with Crippen molar-refractivity contribution in [3.05, 3.63) is 84.4 Å². The first-order valence-corrected chi connectivity index (χ1v) is 11.4. The van der Waals surface area contributed by atoms with Crippen LogP contribution in [0.5, 0.6) is 5.75 Å². The van der Waals surface area contributed by atoms with E-state index in [4.69, 9.17) is 18.9 Å². The molecular formula is C27H28N2O5. The fourth-order valence-electron chi connectivity index (χ4n) is 4.39. The van der Waals surface area contributed by atoms with E-state index in [1.165, 1.54) is 16.7 Å². The summed E-state index contributed by atoms with van der Waals surface area (Å²) < 4.78 is 22.6. The summed E-state index contributed by atoms with van der Waals surface area (Å²) in [6, 6.07) is 26.0. The van der Waals surface area contributed by atoms with E-state index < -0.39 is 12.2 Å². The predicted molar refractivity (Wildman–Crippen MR) is 129 cm³/mol. The van der Waals surface area contributed by atoms with Crippen molar-refractivity contribution in [2.75, 3.05) is 25.6 Å². The van der Waals surface area contributed by atoms with Crippen molar-refractivity contribution in [3.8, 4) is 16.9 Å². The number of rotatable bonds is 7. The molecule has 4 atom stereocenters. The number of hydrogen-bond acceptors (Lipinski definition) is 6. The van der Waals surface area contributed by atoms with Crippen LogP contribution in [0.1, 0.15) is 5.56 Å². The van der Waals surface area contributed by atoms with Gasteiger partial charge >= 0.3 is 6.09 Å². The standard InChI is InChI=1S/C27H28N2O5/c1-31-22-13-11-21(12-14-22)29-27(30)34-24-17-33-25-23(16-32-26(24)25)28-15-18-7-9-20(10-8-18)19-5-3-2-4-6-19/h2-14,23-26,28H,15-17H2,1H3,(H,29,30)/t23-,24+,25+,26+/m0/s1. The third-order valence-electron chi connectivity index (χ3n) is 6.23. The minimum absolute atomic E-state index is 0.0389. The normalized spacial score (nSPS) is 23.3. The second-order valence-corrected chi connectivity index (χ2v) is 8.44. The summed E-state index contributed by atoms with van der Waals surface area (Å²) in [5.74, 6) is 0.719. The number of amides is 1. The number of methoxy groups -OCH3 is 1. The third kappa shape index (κ3) is 5.07. The van der Waals surface area contributed by atoms with E-state index in [1.54, 1.807) is 31.4 Å². The first-order valence-electron chi connectivity index (χ1n) is 11.4. The molecule has 0 bridgehead atoms. The Morgan fingerprint density at radius 1 is 0.882 bits per heavy atom. The lowest BCUT2D eigenvalue weighted by Gasteiger charge is -2.18. The molecule has 0 aliphatic carbocycles. The van der Waals surface area contributed by atoms with Crippen LogP contribution >= 0.6 is 0 Å². The Labute approximate surface area is 199 Å². The first kappa shape index (κ1) is 22.4. The molecule has 0 aromatic heterocycles. The third-order valence-corrected chi connectivity index (χ3v) is 6.23. The first-order chi connectivity index (χ1) is 16.7. The van der Waals surface area contributed by atoms with Gasteiger partial charge < -0.3 is 24.3 Å². The average molecular weight is 461 g/mol. The lowest BCUT2D eigenvalue weighted by atomic mass is 10.0. The molecule has 3 aromatic carbocycles. The number of benzene rings is 3. The number of carbonyl (C=O) groups is 1. The zero-order valence-electron chi connectivity index (χ0n) is 19.0. The van der Waals surface area contributed by atoms with Crippen LogP contribution in [0.15, 0.2) is 78.9 Å². The highest BCUT2D eigenvalue weighted by molar-refractivity contribution is 5.84. The van der Waals surface area contributed by atoms with Gasteiger partial charge in [-0.2, -0.15) is 0 Å². The van der Waals surface area contributed by atoms with Gasteiger partial charge in [-0.25, -0.2) is 4.79 Å².